The lowest BCUT2D eigenvalue weighted by atomic mass is 9.87. The highest BCUT2D eigenvalue weighted by Gasteiger charge is 2.55. The van der Waals surface area contributed by atoms with Crippen molar-refractivity contribution in [3.05, 3.63) is 69.7 Å². The number of methoxy groups -OCH3 is 1. The molecule has 5 atom stereocenters. The van der Waals surface area contributed by atoms with E-state index in [4.69, 9.17) is 21.1 Å². The van der Waals surface area contributed by atoms with E-state index in [9.17, 15) is 20.4 Å². The zero-order valence-corrected chi connectivity index (χ0v) is 17.5. The third-order valence-electron chi connectivity index (χ3n) is 6.12. The topological polar surface area (TPSA) is 99.4 Å². The number of aliphatic hydroxyl groups excluding tert-OH is 4. The average Bonchev–Trinajstić information content (AvgIpc) is 3.60. The number of halogens is 1. The van der Waals surface area contributed by atoms with Crippen LogP contribution >= 0.6 is 11.6 Å². The number of benzene rings is 2. The third kappa shape index (κ3) is 3.89. The Morgan fingerprint density at radius 1 is 1.07 bits per heavy atom. The van der Waals surface area contributed by atoms with Gasteiger partial charge in [-0.3, -0.25) is 0 Å². The molecule has 0 radical (unpaired) electrons. The van der Waals surface area contributed by atoms with Crippen LogP contribution in [-0.4, -0.2) is 58.6 Å². The SMILES string of the molecule is CO[C@@]1(c2ccc(Cl)c(Cc3ccc(C4CC4)cc3)c2)O[C@H](CO)C(O)[C@H](O)[C@H]1O. The minimum Gasteiger partial charge on any atom is -0.394 e. The van der Waals surface area contributed by atoms with E-state index in [1.807, 2.05) is 0 Å². The molecule has 1 unspecified atom stereocenters. The van der Waals surface area contributed by atoms with Gasteiger partial charge < -0.3 is 29.9 Å². The van der Waals surface area contributed by atoms with Crippen LogP contribution in [0.25, 0.3) is 0 Å². The second kappa shape index (κ2) is 8.55. The molecule has 6 nitrogen and oxygen atoms in total. The average molecular weight is 435 g/mol. The Kier molecular flexibility index (Phi) is 6.19. The molecular formula is C23H27ClO6. The molecular weight excluding hydrogens is 408 g/mol. The second-order valence-corrected chi connectivity index (χ2v) is 8.54. The molecule has 4 N–H and O–H groups in total. The molecule has 1 saturated heterocycles. The van der Waals surface area contributed by atoms with Crippen molar-refractivity contribution in [3.63, 3.8) is 0 Å². The van der Waals surface area contributed by atoms with Gasteiger partial charge in [-0.15, -0.1) is 0 Å². The summed E-state index contributed by atoms with van der Waals surface area (Å²) in [6.45, 7) is -0.538. The van der Waals surface area contributed by atoms with Crippen LogP contribution in [0.3, 0.4) is 0 Å². The van der Waals surface area contributed by atoms with Gasteiger partial charge in [0.15, 0.2) is 0 Å². The van der Waals surface area contributed by atoms with Crippen molar-refractivity contribution in [1.29, 1.82) is 0 Å². The highest BCUT2D eigenvalue weighted by molar-refractivity contribution is 6.31. The van der Waals surface area contributed by atoms with E-state index >= 15 is 0 Å². The van der Waals surface area contributed by atoms with Crippen LogP contribution in [-0.2, 0) is 21.7 Å². The van der Waals surface area contributed by atoms with Crippen LogP contribution in [0.15, 0.2) is 42.5 Å². The molecule has 1 aliphatic heterocycles. The van der Waals surface area contributed by atoms with Crippen molar-refractivity contribution in [2.75, 3.05) is 13.7 Å². The van der Waals surface area contributed by atoms with Gasteiger partial charge in [0.05, 0.1) is 6.61 Å². The standard InChI is InChI=1S/C23H27ClO6/c1-29-23(22(28)21(27)20(26)19(12-25)30-23)17-8-9-18(24)16(11-17)10-13-2-4-14(5-3-13)15-6-7-15/h2-5,8-9,11,15,19-22,25-28H,6-7,10,12H2,1H3/t19-,20?,21+,22-,23+/m1/s1. The second-order valence-electron chi connectivity index (χ2n) is 8.14. The third-order valence-corrected chi connectivity index (χ3v) is 6.49. The summed E-state index contributed by atoms with van der Waals surface area (Å²) in [5.74, 6) is -1.06. The summed E-state index contributed by atoms with van der Waals surface area (Å²) in [5, 5.41) is 41.2. The highest BCUT2D eigenvalue weighted by atomic mass is 35.5. The van der Waals surface area contributed by atoms with Crippen LogP contribution in [0.1, 0.15) is 41.0 Å². The van der Waals surface area contributed by atoms with Gasteiger partial charge in [0.2, 0.25) is 5.79 Å². The first-order valence-corrected chi connectivity index (χ1v) is 10.5. The summed E-state index contributed by atoms with van der Waals surface area (Å²) in [6.07, 6.45) is -2.59. The predicted molar refractivity (Wildman–Crippen MR) is 111 cm³/mol. The Labute approximate surface area is 180 Å². The van der Waals surface area contributed by atoms with Crippen LogP contribution in [0.2, 0.25) is 5.02 Å². The maximum absolute atomic E-state index is 10.7. The summed E-state index contributed by atoms with van der Waals surface area (Å²) >= 11 is 6.44. The van der Waals surface area contributed by atoms with E-state index in [1.165, 1.54) is 25.5 Å². The molecule has 30 heavy (non-hydrogen) atoms. The Balaban J connectivity index is 1.65. The summed E-state index contributed by atoms with van der Waals surface area (Å²) < 4.78 is 11.3. The highest BCUT2D eigenvalue weighted by Crippen LogP contribution is 2.41. The van der Waals surface area contributed by atoms with Gasteiger partial charge in [0, 0.05) is 17.7 Å². The smallest absolute Gasteiger partial charge is 0.224 e. The number of ether oxygens (including phenoxy) is 2. The van der Waals surface area contributed by atoms with E-state index in [0.29, 0.717) is 22.9 Å². The minimum atomic E-state index is -1.75. The lowest BCUT2D eigenvalue weighted by Crippen LogP contribution is -2.64. The van der Waals surface area contributed by atoms with E-state index in [0.717, 1.165) is 11.1 Å². The Morgan fingerprint density at radius 3 is 2.37 bits per heavy atom. The zero-order chi connectivity index (χ0) is 21.5. The number of hydrogen-bond acceptors (Lipinski definition) is 6. The number of hydrogen-bond donors (Lipinski definition) is 4. The maximum Gasteiger partial charge on any atom is 0.224 e. The molecule has 2 aromatic rings. The van der Waals surface area contributed by atoms with Crippen molar-refractivity contribution in [1.82, 2.24) is 0 Å². The van der Waals surface area contributed by atoms with Crippen LogP contribution in [0, 0.1) is 0 Å². The lowest BCUT2D eigenvalue weighted by Gasteiger charge is -2.47. The quantitative estimate of drug-likeness (QED) is 0.555. The molecule has 162 valence electrons. The number of aliphatic hydroxyl groups is 4. The lowest BCUT2D eigenvalue weighted by molar-refractivity contribution is -0.366. The van der Waals surface area contributed by atoms with Crippen molar-refractivity contribution in [2.45, 2.75) is 55.4 Å². The van der Waals surface area contributed by atoms with Gasteiger partial charge in [-0.2, -0.15) is 0 Å². The van der Waals surface area contributed by atoms with Crippen molar-refractivity contribution in [2.24, 2.45) is 0 Å². The van der Waals surface area contributed by atoms with Gasteiger partial charge >= 0.3 is 0 Å². The Hall–Kier alpha value is -1.51. The van der Waals surface area contributed by atoms with Crippen LogP contribution < -0.4 is 0 Å². The van der Waals surface area contributed by atoms with E-state index < -0.39 is 36.8 Å². The first kappa shape index (κ1) is 21.7. The van der Waals surface area contributed by atoms with Crippen molar-refractivity contribution < 1.29 is 29.9 Å². The molecule has 0 aromatic heterocycles. The van der Waals surface area contributed by atoms with E-state index in [-0.39, 0.29) is 0 Å². The van der Waals surface area contributed by atoms with Gasteiger partial charge in [-0.1, -0.05) is 41.9 Å². The molecule has 0 spiro atoms. The van der Waals surface area contributed by atoms with Crippen molar-refractivity contribution >= 4 is 11.6 Å². The zero-order valence-electron chi connectivity index (χ0n) is 16.7. The molecule has 0 amide bonds. The molecule has 2 fully saturated rings. The minimum absolute atomic E-state index is 0.441. The molecule has 2 aromatic carbocycles. The fraction of sp³-hybridized carbons (Fsp3) is 0.478. The summed E-state index contributed by atoms with van der Waals surface area (Å²) in [4.78, 5) is 0. The van der Waals surface area contributed by atoms with E-state index in [2.05, 4.69) is 24.3 Å². The largest absolute Gasteiger partial charge is 0.394 e. The first-order valence-electron chi connectivity index (χ1n) is 10.2. The van der Waals surface area contributed by atoms with Gasteiger partial charge in [-0.05, 0) is 54.0 Å². The molecule has 1 heterocycles. The van der Waals surface area contributed by atoms with E-state index in [1.54, 1.807) is 18.2 Å². The van der Waals surface area contributed by atoms with Gasteiger partial charge in [0.1, 0.15) is 24.4 Å². The number of rotatable bonds is 6. The molecule has 7 heteroatoms. The van der Waals surface area contributed by atoms with Crippen LogP contribution in [0.4, 0.5) is 0 Å². The normalized spacial score (nSPS) is 31.7. The molecule has 0 bridgehead atoms. The Morgan fingerprint density at radius 2 is 1.77 bits per heavy atom. The van der Waals surface area contributed by atoms with Gasteiger partial charge in [-0.25, -0.2) is 0 Å². The fourth-order valence-corrected chi connectivity index (χ4v) is 4.32. The Bertz CT molecular complexity index is 882. The first-order chi connectivity index (χ1) is 14.4. The molecule has 4 rings (SSSR count). The van der Waals surface area contributed by atoms with Crippen molar-refractivity contribution in [3.8, 4) is 0 Å². The monoisotopic (exact) mass is 434 g/mol. The molecule has 2 aliphatic rings. The summed E-state index contributed by atoms with van der Waals surface area (Å²) in [6, 6.07) is 13.6. The maximum atomic E-state index is 10.7. The molecule has 1 aliphatic carbocycles. The summed E-state index contributed by atoms with van der Waals surface area (Å²) in [7, 11) is 1.34. The summed E-state index contributed by atoms with van der Waals surface area (Å²) in [5.41, 5.74) is 3.70. The van der Waals surface area contributed by atoms with Crippen LogP contribution in [0.5, 0.6) is 0 Å². The van der Waals surface area contributed by atoms with Gasteiger partial charge in [0.25, 0.3) is 0 Å². The predicted octanol–water partition coefficient (Wildman–Crippen LogP) is 2.08. The fourth-order valence-electron chi connectivity index (χ4n) is 4.14. The molecule has 1 saturated carbocycles.